The van der Waals surface area contributed by atoms with E-state index >= 15 is 0 Å². The first kappa shape index (κ1) is 32.3. The summed E-state index contributed by atoms with van der Waals surface area (Å²) >= 11 is 0. The fourth-order valence-corrected chi connectivity index (χ4v) is 17.6. The van der Waals surface area contributed by atoms with E-state index in [1.165, 1.54) is 12.8 Å². The molecule has 0 aliphatic heterocycles. The van der Waals surface area contributed by atoms with E-state index in [2.05, 4.69) is 128 Å². The molecule has 0 amide bonds. The predicted octanol–water partition coefficient (Wildman–Crippen LogP) is 8.85. The third-order valence-electron chi connectivity index (χ3n) is 6.56. The maximum Gasteiger partial charge on any atom is 0.0774 e. The molecule has 0 fully saturated rings. The highest BCUT2D eigenvalue weighted by molar-refractivity contribution is 6.98. The van der Waals surface area contributed by atoms with Crippen LogP contribution in [0.2, 0.25) is 78.6 Å². The van der Waals surface area contributed by atoms with Gasteiger partial charge in [0.15, 0.2) is 0 Å². The fraction of sp³-hybridized carbons (Fsp3) is 0.586. The average molecular weight is 517 g/mol. The number of fused-ring (bicyclic) bond motifs is 1. The van der Waals surface area contributed by atoms with Crippen molar-refractivity contribution in [1.29, 1.82) is 0 Å². The van der Waals surface area contributed by atoms with Crippen LogP contribution in [-0.4, -0.2) is 32.3 Å². The molecule has 4 rings (SSSR count). The Morgan fingerprint density at radius 3 is 1.00 bits per heavy atom. The molecule has 0 saturated carbocycles. The first-order chi connectivity index (χ1) is 14.4. The summed E-state index contributed by atoms with van der Waals surface area (Å²) in [6.45, 7) is 35.9. The summed E-state index contributed by atoms with van der Waals surface area (Å²) in [5, 5.41) is 7.20. The second-order valence-corrected chi connectivity index (χ2v) is 33.7. The first-order valence-corrected chi connectivity index (χ1v) is 26.5. The van der Waals surface area contributed by atoms with Crippen LogP contribution in [-0.2, 0) is 0 Å². The molecule has 1 aromatic rings. The van der Waals surface area contributed by atoms with Crippen LogP contribution in [0.25, 0.3) is 0 Å². The summed E-state index contributed by atoms with van der Waals surface area (Å²) in [6.07, 6.45) is 7.89. The van der Waals surface area contributed by atoms with Gasteiger partial charge in [0.05, 0.1) is 32.3 Å². The Morgan fingerprint density at radius 1 is 0.545 bits per heavy atom. The highest BCUT2D eigenvalue weighted by Gasteiger charge is 2.41. The van der Waals surface area contributed by atoms with Crippen molar-refractivity contribution < 1.29 is 0 Å². The van der Waals surface area contributed by atoms with Crippen molar-refractivity contribution in [3.05, 3.63) is 60.0 Å². The Labute approximate surface area is 212 Å². The minimum Gasteiger partial charge on any atom is -0.106 e. The lowest BCUT2D eigenvalue weighted by Gasteiger charge is -2.45. The van der Waals surface area contributed by atoms with Crippen molar-refractivity contribution in [2.24, 2.45) is 11.8 Å². The van der Waals surface area contributed by atoms with E-state index in [9.17, 15) is 0 Å². The van der Waals surface area contributed by atoms with Gasteiger partial charge in [0.1, 0.15) is 0 Å². The molecule has 188 valence electrons. The lowest BCUT2D eigenvalue weighted by atomic mass is 9.81. The van der Waals surface area contributed by atoms with Crippen molar-refractivity contribution in [2.75, 3.05) is 0 Å². The van der Waals surface area contributed by atoms with Gasteiger partial charge in [-0.15, -0.1) is 13.2 Å². The molecule has 3 aliphatic rings. The topological polar surface area (TPSA) is 0 Å². The second kappa shape index (κ2) is 11.8. The number of benzene rings is 1. The van der Waals surface area contributed by atoms with Gasteiger partial charge in [-0.2, -0.15) is 0 Å². The summed E-state index contributed by atoms with van der Waals surface area (Å²) in [6, 6.07) is 9.08. The molecule has 2 unspecified atom stereocenters. The molecule has 0 aromatic heterocycles. The van der Waals surface area contributed by atoms with Crippen LogP contribution < -0.4 is 10.4 Å². The fourth-order valence-electron chi connectivity index (χ4n) is 5.41. The molecule has 0 nitrogen and oxygen atoms in total. The Bertz CT molecular complexity index is 754. The van der Waals surface area contributed by atoms with E-state index in [4.69, 9.17) is 0 Å². The SMILES string of the molecule is C.C=C.C[Si](C)(C)C1=C([Si](C)(C)C)C2C=CC1CC2.C[Si](C)(C)c1ccccc1[Si](C)(C)C. The summed E-state index contributed by atoms with van der Waals surface area (Å²) in [5.41, 5.74) is 0. The van der Waals surface area contributed by atoms with Crippen LogP contribution in [0.15, 0.2) is 60.0 Å². The van der Waals surface area contributed by atoms with Crippen molar-refractivity contribution in [2.45, 2.75) is 98.8 Å². The maximum absolute atomic E-state index is 3.00. The standard InChI is InChI=1S/C14H26Si2.C12H22Si2.C2H4.CH4/c1-15(2,3)13-11-7-9-12(10-8-11)14(13)16(4,5)6;1-13(2,3)11-9-7-8-10-12(11)14(4,5)6;1-2;/h7,9,11-12H,8,10H2,1-6H3;7-10H,1-6H3;1-2H2;1H4. The van der Waals surface area contributed by atoms with Crippen LogP contribution in [0.1, 0.15) is 20.3 Å². The minimum absolute atomic E-state index is 0. The van der Waals surface area contributed by atoms with Crippen LogP contribution in [0.3, 0.4) is 0 Å². The van der Waals surface area contributed by atoms with Gasteiger partial charge >= 0.3 is 0 Å². The number of rotatable bonds is 4. The van der Waals surface area contributed by atoms with Gasteiger partial charge < -0.3 is 0 Å². The van der Waals surface area contributed by atoms with Crippen molar-refractivity contribution in [3.8, 4) is 0 Å². The molecule has 0 spiro atoms. The molecule has 0 heterocycles. The van der Waals surface area contributed by atoms with Gasteiger partial charge in [0.25, 0.3) is 0 Å². The Kier molecular flexibility index (Phi) is 11.6. The van der Waals surface area contributed by atoms with Crippen molar-refractivity contribution in [3.63, 3.8) is 0 Å². The maximum atomic E-state index is 3.00. The Morgan fingerprint density at radius 2 is 0.818 bits per heavy atom. The minimum atomic E-state index is -1.15. The third kappa shape index (κ3) is 8.48. The quantitative estimate of drug-likeness (QED) is 0.277. The summed E-state index contributed by atoms with van der Waals surface area (Å²) in [7, 11) is -4.55. The largest absolute Gasteiger partial charge is 0.106 e. The number of hydrogen-bond donors (Lipinski definition) is 0. The first-order valence-electron chi connectivity index (χ1n) is 12.5. The molecule has 4 heteroatoms. The summed E-state index contributed by atoms with van der Waals surface area (Å²) < 4.78 is 0. The predicted molar refractivity (Wildman–Crippen MR) is 169 cm³/mol. The lowest BCUT2D eigenvalue weighted by molar-refractivity contribution is 0.507. The smallest absolute Gasteiger partial charge is 0.0774 e. The van der Waals surface area contributed by atoms with Crippen LogP contribution in [0, 0.1) is 11.8 Å². The van der Waals surface area contributed by atoms with E-state index in [1.54, 1.807) is 10.4 Å². The molecule has 33 heavy (non-hydrogen) atoms. The van der Waals surface area contributed by atoms with E-state index in [0.29, 0.717) is 0 Å². The van der Waals surface area contributed by atoms with Gasteiger partial charge in [-0.05, 0) is 24.7 Å². The molecular formula is C29H56Si4. The van der Waals surface area contributed by atoms with Crippen LogP contribution in [0.4, 0.5) is 0 Å². The second-order valence-electron chi connectivity index (χ2n) is 13.5. The zero-order valence-corrected chi connectivity index (χ0v) is 27.4. The number of allylic oxidation sites excluding steroid dienone is 4. The summed E-state index contributed by atoms with van der Waals surface area (Å²) in [4.78, 5) is 0. The lowest BCUT2D eigenvalue weighted by Crippen LogP contribution is -2.56. The highest BCUT2D eigenvalue weighted by atomic mass is 28.3. The number of hydrogen-bond acceptors (Lipinski definition) is 0. The monoisotopic (exact) mass is 516 g/mol. The van der Waals surface area contributed by atoms with E-state index in [1.807, 2.05) is 10.4 Å². The van der Waals surface area contributed by atoms with E-state index < -0.39 is 32.3 Å². The third-order valence-corrected chi connectivity index (χ3v) is 15.7. The van der Waals surface area contributed by atoms with Crippen molar-refractivity contribution >= 4 is 42.7 Å². The van der Waals surface area contributed by atoms with Gasteiger partial charge in [-0.25, -0.2) is 0 Å². The molecule has 2 bridgehead atoms. The normalized spacial score (nSPS) is 20.2. The van der Waals surface area contributed by atoms with E-state index in [-0.39, 0.29) is 7.43 Å². The van der Waals surface area contributed by atoms with Gasteiger partial charge in [-0.3, -0.25) is 0 Å². The molecule has 0 N–H and O–H groups in total. The van der Waals surface area contributed by atoms with E-state index in [0.717, 1.165) is 11.8 Å². The Hall–Kier alpha value is -0.692. The van der Waals surface area contributed by atoms with Crippen molar-refractivity contribution in [1.82, 2.24) is 0 Å². The highest BCUT2D eigenvalue weighted by Crippen LogP contribution is 2.47. The van der Waals surface area contributed by atoms with Gasteiger partial charge in [-0.1, -0.05) is 143 Å². The molecule has 2 atom stereocenters. The molecule has 3 aliphatic carbocycles. The Balaban J connectivity index is 0.000000566. The average Bonchev–Trinajstić information content (AvgIpc) is 2.67. The zero-order valence-electron chi connectivity index (χ0n) is 23.4. The van der Waals surface area contributed by atoms with Gasteiger partial charge in [0.2, 0.25) is 0 Å². The summed E-state index contributed by atoms with van der Waals surface area (Å²) in [5.74, 6) is 1.64. The molecule has 0 saturated heterocycles. The van der Waals surface area contributed by atoms with Crippen LogP contribution in [0.5, 0.6) is 0 Å². The van der Waals surface area contributed by atoms with Gasteiger partial charge in [0, 0.05) is 0 Å². The zero-order chi connectivity index (χ0) is 25.1. The molecule has 0 radical (unpaired) electrons. The molecule has 1 aromatic carbocycles. The van der Waals surface area contributed by atoms with Crippen LogP contribution >= 0.6 is 0 Å². The molecular weight excluding hydrogens is 461 g/mol.